The van der Waals surface area contributed by atoms with Crippen LogP contribution < -0.4 is 11.1 Å². The summed E-state index contributed by atoms with van der Waals surface area (Å²) in [5.41, 5.74) is 8.20. The van der Waals surface area contributed by atoms with E-state index in [4.69, 9.17) is 5.73 Å². The van der Waals surface area contributed by atoms with Crippen LogP contribution in [0.3, 0.4) is 0 Å². The lowest BCUT2D eigenvalue weighted by atomic mass is 10.1. The van der Waals surface area contributed by atoms with Crippen LogP contribution in [-0.4, -0.2) is 54.5 Å². The predicted octanol–water partition coefficient (Wildman–Crippen LogP) is 2.40. The Morgan fingerprint density at radius 3 is 2.31 bits per heavy atom. The lowest BCUT2D eigenvalue weighted by molar-refractivity contribution is 0.100. The first-order chi connectivity index (χ1) is 12.6. The number of piperazine rings is 1. The molecule has 5 heteroatoms. The van der Waals surface area contributed by atoms with Crippen LogP contribution in [0.1, 0.15) is 22.8 Å². The van der Waals surface area contributed by atoms with Gasteiger partial charge in [0.05, 0.1) is 5.56 Å². The monoisotopic (exact) mass is 352 g/mol. The predicted molar refractivity (Wildman–Crippen MR) is 106 cm³/mol. The number of para-hydroxylation sites is 1. The van der Waals surface area contributed by atoms with Gasteiger partial charge in [0.25, 0.3) is 5.91 Å². The van der Waals surface area contributed by atoms with E-state index < -0.39 is 5.91 Å². The number of anilines is 1. The molecule has 138 valence electrons. The van der Waals surface area contributed by atoms with Crippen molar-refractivity contribution < 1.29 is 4.79 Å². The molecular formula is C21H28N4O. The number of carbonyl (C=O) groups is 1. The van der Waals surface area contributed by atoms with Crippen LogP contribution in [0.2, 0.25) is 0 Å². The minimum absolute atomic E-state index is 0.246. The molecule has 1 aliphatic rings. The lowest BCUT2D eigenvalue weighted by Crippen LogP contribution is -2.48. The Bertz CT molecular complexity index is 711. The fraction of sp³-hybridized carbons (Fsp3) is 0.381. The highest BCUT2D eigenvalue weighted by Crippen LogP contribution is 2.16. The van der Waals surface area contributed by atoms with Crippen LogP contribution in [-0.2, 0) is 6.54 Å². The van der Waals surface area contributed by atoms with Gasteiger partial charge in [0.2, 0.25) is 0 Å². The first-order valence-corrected chi connectivity index (χ1v) is 9.26. The average Bonchev–Trinajstić information content (AvgIpc) is 2.64. The van der Waals surface area contributed by atoms with Crippen LogP contribution in [0.5, 0.6) is 0 Å². The Hall–Kier alpha value is -2.37. The largest absolute Gasteiger partial charge is 0.381 e. The molecular weight excluding hydrogens is 324 g/mol. The summed E-state index contributed by atoms with van der Waals surface area (Å²) in [6, 6.07) is 18.3. The van der Waals surface area contributed by atoms with Crippen molar-refractivity contribution in [2.24, 2.45) is 5.73 Å². The number of amides is 1. The van der Waals surface area contributed by atoms with E-state index in [1.165, 1.54) is 5.56 Å². The van der Waals surface area contributed by atoms with Gasteiger partial charge in [0, 0.05) is 51.0 Å². The van der Waals surface area contributed by atoms with E-state index in [2.05, 4.69) is 52.4 Å². The fourth-order valence-corrected chi connectivity index (χ4v) is 3.49. The molecule has 1 saturated heterocycles. The van der Waals surface area contributed by atoms with Crippen molar-refractivity contribution >= 4 is 11.6 Å². The third-order valence-electron chi connectivity index (χ3n) is 4.84. The van der Waals surface area contributed by atoms with Crippen LogP contribution in [0, 0.1) is 0 Å². The summed E-state index contributed by atoms with van der Waals surface area (Å²) < 4.78 is 0. The Kier molecular flexibility index (Phi) is 6.26. The Morgan fingerprint density at radius 1 is 1.00 bits per heavy atom. The quantitative estimate of drug-likeness (QED) is 0.803. The summed E-state index contributed by atoms with van der Waals surface area (Å²) in [7, 11) is 0. The summed E-state index contributed by atoms with van der Waals surface area (Å²) in [5.74, 6) is -0.394. The maximum atomic E-state index is 11.5. The maximum absolute atomic E-state index is 11.5. The van der Waals surface area contributed by atoms with Gasteiger partial charge in [-0.1, -0.05) is 42.5 Å². The molecule has 1 fully saturated rings. The van der Waals surface area contributed by atoms with Gasteiger partial charge < -0.3 is 11.1 Å². The maximum Gasteiger partial charge on any atom is 0.250 e. The van der Waals surface area contributed by atoms with Crippen molar-refractivity contribution in [3.8, 4) is 0 Å². The van der Waals surface area contributed by atoms with E-state index in [0.717, 1.165) is 45.0 Å². The zero-order valence-corrected chi connectivity index (χ0v) is 15.4. The van der Waals surface area contributed by atoms with Gasteiger partial charge in [0.1, 0.15) is 0 Å². The number of benzene rings is 2. The van der Waals surface area contributed by atoms with Gasteiger partial charge in [0.15, 0.2) is 0 Å². The molecule has 1 aliphatic heterocycles. The summed E-state index contributed by atoms with van der Waals surface area (Å²) in [6.45, 7) is 8.42. The van der Waals surface area contributed by atoms with Gasteiger partial charge in [-0.05, 0) is 24.6 Å². The highest BCUT2D eigenvalue weighted by atomic mass is 16.1. The lowest BCUT2D eigenvalue weighted by Gasteiger charge is -2.36. The van der Waals surface area contributed by atoms with E-state index >= 15 is 0 Å². The number of hydrogen-bond donors (Lipinski definition) is 2. The second-order valence-corrected chi connectivity index (χ2v) is 7.02. The molecule has 5 nitrogen and oxygen atoms in total. The number of primary amides is 1. The van der Waals surface area contributed by atoms with Gasteiger partial charge in [-0.15, -0.1) is 0 Å². The van der Waals surface area contributed by atoms with Crippen molar-refractivity contribution in [1.82, 2.24) is 9.80 Å². The zero-order chi connectivity index (χ0) is 18.4. The molecule has 0 radical (unpaired) electrons. The molecule has 1 unspecified atom stereocenters. The molecule has 0 spiro atoms. The molecule has 1 atom stereocenters. The summed E-state index contributed by atoms with van der Waals surface area (Å²) in [5, 5.41) is 3.43. The fourth-order valence-electron chi connectivity index (χ4n) is 3.49. The first-order valence-electron chi connectivity index (χ1n) is 9.26. The van der Waals surface area contributed by atoms with Gasteiger partial charge >= 0.3 is 0 Å². The molecule has 0 aromatic heterocycles. The van der Waals surface area contributed by atoms with Crippen LogP contribution >= 0.6 is 0 Å². The molecule has 26 heavy (non-hydrogen) atoms. The van der Waals surface area contributed by atoms with E-state index in [0.29, 0.717) is 5.56 Å². The number of carbonyl (C=O) groups excluding carboxylic acids is 1. The van der Waals surface area contributed by atoms with Gasteiger partial charge in [-0.2, -0.15) is 0 Å². The smallest absolute Gasteiger partial charge is 0.250 e. The van der Waals surface area contributed by atoms with E-state index in [1.54, 1.807) is 6.07 Å². The third-order valence-corrected chi connectivity index (χ3v) is 4.84. The van der Waals surface area contributed by atoms with Crippen LogP contribution in [0.25, 0.3) is 0 Å². The van der Waals surface area contributed by atoms with Crippen molar-refractivity contribution in [1.29, 1.82) is 0 Å². The molecule has 0 saturated carbocycles. The normalized spacial score (nSPS) is 17.0. The molecule has 2 aromatic rings. The van der Waals surface area contributed by atoms with Crippen molar-refractivity contribution in [2.45, 2.75) is 19.5 Å². The number of nitrogens with zero attached hydrogens (tertiary/aromatic N) is 2. The summed E-state index contributed by atoms with van der Waals surface area (Å²) in [4.78, 5) is 16.5. The summed E-state index contributed by atoms with van der Waals surface area (Å²) >= 11 is 0. The zero-order valence-electron chi connectivity index (χ0n) is 15.4. The molecule has 1 amide bonds. The van der Waals surface area contributed by atoms with Crippen LogP contribution in [0.15, 0.2) is 54.6 Å². The van der Waals surface area contributed by atoms with Crippen molar-refractivity contribution in [3.05, 3.63) is 65.7 Å². The molecule has 3 rings (SSSR count). The third kappa shape index (κ3) is 5.07. The van der Waals surface area contributed by atoms with E-state index in [-0.39, 0.29) is 6.04 Å². The molecule has 1 heterocycles. The SMILES string of the molecule is CC(CN1CCN(Cc2ccccc2)CC1)Nc1ccccc1C(N)=O. The van der Waals surface area contributed by atoms with Crippen molar-refractivity contribution in [2.75, 3.05) is 38.0 Å². The second kappa shape index (κ2) is 8.83. The second-order valence-electron chi connectivity index (χ2n) is 7.02. The molecule has 3 N–H and O–H groups in total. The van der Waals surface area contributed by atoms with Crippen LogP contribution in [0.4, 0.5) is 5.69 Å². The van der Waals surface area contributed by atoms with E-state index in [9.17, 15) is 4.79 Å². The molecule has 0 aliphatic carbocycles. The first kappa shape index (κ1) is 18.4. The Balaban J connectivity index is 1.46. The average molecular weight is 352 g/mol. The van der Waals surface area contributed by atoms with Gasteiger partial charge in [-0.3, -0.25) is 14.6 Å². The number of rotatable bonds is 7. The minimum atomic E-state index is -0.394. The number of nitrogens with two attached hydrogens (primary N) is 1. The Morgan fingerprint density at radius 2 is 1.62 bits per heavy atom. The summed E-state index contributed by atoms with van der Waals surface area (Å²) in [6.07, 6.45) is 0. The Labute approximate surface area is 155 Å². The molecule has 0 bridgehead atoms. The molecule has 2 aromatic carbocycles. The number of hydrogen-bond acceptors (Lipinski definition) is 4. The topological polar surface area (TPSA) is 61.6 Å². The standard InChI is InChI=1S/C21H28N4O/c1-17(23-20-10-6-5-9-19(20)21(22)26)15-24-11-13-25(14-12-24)16-18-7-3-2-4-8-18/h2-10,17,23H,11-16H2,1H3,(H2,22,26). The van der Waals surface area contributed by atoms with E-state index in [1.807, 2.05) is 18.2 Å². The van der Waals surface area contributed by atoms with Crippen molar-refractivity contribution in [3.63, 3.8) is 0 Å². The highest BCUT2D eigenvalue weighted by Gasteiger charge is 2.19. The van der Waals surface area contributed by atoms with Gasteiger partial charge in [-0.25, -0.2) is 0 Å². The number of nitrogens with one attached hydrogen (secondary N) is 1. The highest BCUT2D eigenvalue weighted by molar-refractivity contribution is 5.98. The minimum Gasteiger partial charge on any atom is -0.381 e.